The molecule has 2 aliphatic carbocycles. The number of thiocarbonyl (C=S) groups is 1. The molecule has 7 heteroatoms. The van der Waals surface area contributed by atoms with E-state index in [0.717, 1.165) is 11.8 Å². The molecule has 0 aliphatic heterocycles. The summed E-state index contributed by atoms with van der Waals surface area (Å²) in [7, 11) is 1.82. The van der Waals surface area contributed by atoms with Crippen molar-refractivity contribution in [3.05, 3.63) is 28.2 Å². The fraction of sp³-hybridized carbons (Fsp3) is 0.529. The average Bonchev–Trinajstić information content (AvgIpc) is 3.13. The van der Waals surface area contributed by atoms with Crippen LogP contribution >= 0.6 is 35.4 Å². The van der Waals surface area contributed by atoms with E-state index >= 15 is 0 Å². The van der Waals surface area contributed by atoms with Crippen molar-refractivity contribution >= 4 is 52.1 Å². The molecule has 0 aromatic heterocycles. The zero-order chi connectivity index (χ0) is 17.3. The largest absolute Gasteiger partial charge is 0.360 e. The number of likely N-dealkylation sites (N-methyl/N-ethyl adjacent to an activating group) is 1. The lowest BCUT2D eigenvalue weighted by Crippen LogP contribution is -2.47. The van der Waals surface area contributed by atoms with Gasteiger partial charge >= 0.3 is 0 Å². The molecule has 2 fully saturated rings. The third-order valence-corrected chi connectivity index (χ3v) is 6.06. The highest BCUT2D eigenvalue weighted by Gasteiger charge is 2.39. The molecule has 1 amide bonds. The van der Waals surface area contributed by atoms with Gasteiger partial charge in [-0.3, -0.25) is 4.79 Å². The fourth-order valence-corrected chi connectivity index (χ4v) is 4.48. The number of rotatable bonds is 4. The summed E-state index contributed by atoms with van der Waals surface area (Å²) >= 11 is 17.6. The zero-order valence-corrected chi connectivity index (χ0v) is 15.8. The van der Waals surface area contributed by atoms with Crippen LogP contribution in [0.25, 0.3) is 0 Å². The number of amides is 1. The Morgan fingerprint density at radius 2 is 2.00 bits per heavy atom. The summed E-state index contributed by atoms with van der Waals surface area (Å²) < 4.78 is 0. The molecule has 1 aromatic carbocycles. The van der Waals surface area contributed by atoms with Gasteiger partial charge in [0, 0.05) is 13.1 Å². The van der Waals surface area contributed by atoms with Gasteiger partial charge in [-0.1, -0.05) is 35.7 Å². The van der Waals surface area contributed by atoms with Gasteiger partial charge in [-0.15, -0.1) is 0 Å². The van der Waals surface area contributed by atoms with Crippen LogP contribution in [0, 0.1) is 11.8 Å². The molecule has 4 nitrogen and oxygen atoms in total. The Balaban J connectivity index is 1.51. The van der Waals surface area contributed by atoms with E-state index in [1.165, 1.54) is 25.7 Å². The molecule has 24 heavy (non-hydrogen) atoms. The van der Waals surface area contributed by atoms with Gasteiger partial charge in [0.1, 0.15) is 0 Å². The first-order valence-corrected chi connectivity index (χ1v) is 9.36. The van der Waals surface area contributed by atoms with Crippen LogP contribution in [0.4, 0.5) is 5.69 Å². The zero-order valence-electron chi connectivity index (χ0n) is 13.5. The van der Waals surface area contributed by atoms with Crippen molar-refractivity contribution in [3.8, 4) is 0 Å². The average molecular weight is 386 g/mol. The van der Waals surface area contributed by atoms with Gasteiger partial charge in [0.25, 0.3) is 0 Å². The molecule has 0 radical (unpaired) electrons. The van der Waals surface area contributed by atoms with Gasteiger partial charge in [-0.05, 0) is 55.4 Å². The van der Waals surface area contributed by atoms with Crippen molar-refractivity contribution in [1.82, 2.24) is 10.2 Å². The van der Waals surface area contributed by atoms with E-state index in [1.54, 1.807) is 23.1 Å². The van der Waals surface area contributed by atoms with Gasteiger partial charge < -0.3 is 15.5 Å². The van der Waals surface area contributed by atoms with E-state index in [4.69, 9.17) is 35.4 Å². The van der Waals surface area contributed by atoms with Crippen LogP contribution in [-0.2, 0) is 4.79 Å². The number of para-hydroxylation sites is 1. The number of carbonyl (C=O) groups excluding carboxylic acids is 1. The summed E-state index contributed by atoms with van der Waals surface area (Å²) in [5, 5.41) is 7.63. The quantitative estimate of drug-likeness (QED) is 0.770. The maximum Gasteiger partial charge on any atom is 0.244 e. The highest BCUT2D eigenvalue weighted by molar-refractivity contribution is 7.80. The van der Waals surface area contributed by atoms with Gasteiger partial charge in [0.05, 0.1) is 22.3 Å². The highest BCUT2D eigenvalue weighted by Crippen LogP contribution is 2.44. The third-order valence-electron chi connectivity index (χ3n) is 5.00. The Hall–Kier alpha value is -1.04. The molecular formula is C17H21Cl2N3OS. The summed E-state index contributed by atoms with van der Waals surface area (Å²) in [5.41, 5.74) is 0.436. The second-order valence-corrected chi connectivity index (χ2v) is 7.93. The predicted molar refractivity (Wildman–Crippen MR) is 103 cm³/mol. The van der Waals surface area contributed by atoms with Crippen LogP contribution in [0.3, 0.4) is 0 Å². The number of benzene rings is 1. The highest BCUT2D eigenvalue weighted by atomic mass is 35.5. The Kier molecular flexibility index (Phi) is 5.52. The molecule has 2 aliphatic rings. The Bertz CT molecular complexity index is 634. The summed E-state index contributed by atoms with van der Waals surface area (Å²) in [4.78, 5) is 14.0. The molecular weight excluding hydrogens is 365 g/mol. The second-order valence-electron chi connectivity index (χ2n) is 6.73. The van der Waals surface area contributed by atoms with Gasteiger partial charge in [-0.2, -0.15) is 0 Å². The topological polar surface area (TPSA) is 44.4 Å². The summed E-state index contributed by atoms with van der Waals surface area (Å²) in [5.74, 6) is 1.38. The van der Waals surface area contributed by atoms with Crippen molar-refractivity contribution in [3.63, 3.8) is 0 Å². The summed E-state index contributed by atoms with van der Waals surface area (Å²) in [6, 6.07) is 5.57. The number of hydrogen-bond donors (Lipinski definition) is 2. The first-order valence-electron chi connectivity index (χ1n) is 8.19. The van der Waals surface area contributed by atoms with Crippen molar-refractivity contribution in [2.45, 2.75) is 31.7 Å². The number of halogens is 2. The summed E-state index contributed by atoms with van der Waals surface area (Å²) in [6.45, 7) is 0.147. The standard InChI is InChI=1S/C17H21Cl2N3OS/c1-22(17(24)20-14-8-10-5-6-11(14)7-10)9-15(23)21-16-12(18)3-2-4-13(16)19/h2-4,10-11,14H,5-9H2,1H3,(H,20,24)(H,21,23). The molecule has 2 bridgehead atoms. The lowest BCUT2D eigenvalue weighted by Gasteiger charge is -2.28. The minimum absolute atomic E-state index is 0.147. The maximum absolute atomic E-state index is 12.2. The molecule has 3 atom stereocenters. The van der Waals surface area contributed by atoms with Gasteiger partial charge in [0.2, 0.25) is 5.91 Å². The van der Waals surface area contributed by atoms with E-state index < -0.39 is 0 Å². The number of anilines is 1. The van der Waals surface area contributed by atoms with E-state index in [-0.39, 0.29) is 12.5 Å². The number of fused-ring (bicyclic) bond motifs is 2. The molecule has 0 spiro atoms. The van der Waals surface area contributed by atoms with E-state index in [0.29, 0.717) is 26.9 Å². The van der Waals surface area contributed by atoms with Crippen molar-refractivity contribution in [2.75, 3.05) is 18.9 Å². The van der Waals surface area contributed by atoms with Crippen molar-refractivity contribution in [2.24, 2.45) is 11.8 Å². The molecule has 2 saturated carbocycles. The number of nitrogens with one attached hydrogen (secondary N) is 2. The van der Waals surface area contributed by atoms with Crippen LogP contribution in [0.5, 0.6) is 0 Å². The molecule has 0 saturated heterocycles. The first kappa shape index (κ1) is 17.8. The Morgan fingerprint density at radius 1 is 1.29 bits per heavy atom. The van der Waals surface area contributed by atoms with E-state index in [1.807, 2.05) is 7.05 Å². The smallest absolute Gasteiger partial charge is 0.244 e. The summed E-state index contributed by atoms with van der Waals surface area (Å²) in [6.07, 6.45) is 5.15. The second kappa shape index (κ2) is 7.46. The monoisotopic (exact) mass is 385 g/mol. The van der Waals surface area contributed by atoms with Gasteiger partial charge in [-0.25, -0.2) is 0 Å². The molecule has 2 N–H and O–H groups in total. The molecule has 0 heterocycles. The maximum atomic E-state index is 12.2. The van der Waals surface area contributed by atoms with Gasteiger partial charge in [0.15, 0.2) is 5.11 Å². The van der Waals surface area contributed by atoms with Crippen LogP contribution in [0.15, 0.2) is 18.2 Å². The SMILES string of the molecule is CN(CC(=O)Nc1c(Cl)cccc1Cl)C(=S)NC1CC2CCC1C2. The number of hydrogen-bond acceptors (Lipinski definition) is 2. The van der Waals surface area contributed by atoms with Crippen LogP contribution < -0.4 is 10.6 Å². The predicted octanol–water partition coefficient (Wildman–Crippen LogP) is 3.93. The Labute approximate surface area is 157 Å². The fourth-order valence-electron chi connectivity index (χ4n) is 3.77. The minimum Gasteiger partial charge on any atom is -0.360 e. The Morgan fingerprint density at radius 3 is 2.58 bits per heavy atom. The molecule has 3 unspecified atom stereocenters. The van der Waals surface area contributed by atoms with E-state index in [9.17, 15) is 4.79 Å². The van der Waals surface area contributed by atoms with Crippen LogP contribution in [0.2, 0.25) is 10.0 Å². The first-order chi connectivity index (χ1) is 11.4. The lowest BCUT2D eigenvalue weighted by molar-refractivity contribution is -0.116. The van der Waals surface area contributed by atoms with Crippen molar-refractivity contribution < 1.29 is 4.79 Å². The lowest BCUT2D eigenvalue weighted by atomic mass is 9.95. The third kappa shape index (κ3) is 3.95. The van der Waals surface area contributed by atoms with Crippen LogP contribution in [0.1, 0.15) is 25.7 Å². The number of carbonyl (C=O) groups is 1. The molecule has 130 valence electrons. The van der Waals surface area contributed by atoms with Crippen LogP contribution in [-0.4, -0.2) is 35.6 Å². The van der Waals surface area contributed by atoms with E-state index in [2.05, 4.69) is 10.6 Å². The molecule has 1 aromatic rings. The van der Waals surface area contributed by atoms with Crippen molar-refractivity contribution in [1.29, 1.82) is 0 Å². The normalized spacial score (nSPS) is 24.7. The number of nitrogens with zero attached hydrogens (tertiary/aromatic N) is 1. The minimum atomic E-state index is -0.204. The molecule has 3 rings (SSSR count).